The topological polar surface area (TPSA) is 35.0 Å². The molecular formula is C11H14BrClN2O. The molecule has 88 valence electrons. The summed E-state index contributed by atoms with van der Waals surface area (Å²) in [5.74, 6) is 0.776. The maximum Gasteiger partial charge on any atom is 0.147 e. The Balaban J connectivity index is 2.09. The monoisotopic (exact) mass is 304 g/mol. The highest BCUT2D eigenvalue weighted by Gasteiger charge is 2.17. The molecule has 1 fully saturated rings. The molecule has 0 aromatic carbocycles. The first kappa shape index (κ1) is 12.3. The van der Waals surface area contributed by atoms with Crippen molar-refractivity contribution in [3.05, 3.63) is 21.1 Å². The van der Waals surface area contributed by atoms with E-state index in [1.807, 2.05) is 6.92 Å². The van der Waals surface area contributed by atoms with Gasteiger partial charge < -0.3 is 4.74 Å². The first-order chi connectivity index (χ1) is 7.66. The van der Waals surface area contributed by atoms with Gasteiger partial charge in [-0.25, -0.2) is 9.97 Å². The van der Waals surface area contributed by atoms with Crippen molar-refractivity contribution < 1.29 is 4.74 Å². The van der Waals surface area contributed by atoms with Gasteiger partial charge in [-0.1, -0.05) is 11.6 Å². The molecule has 5 heteroatoms. The SMILES string of the molecule is Cc1nc(CC2CCCCO2)nc(Cl)c1Br. The van der Waals surface area contributed by atoms with Crippen molar-refractivity contribution in [2.24, 2.45) is 0 Å². The molecule has 1 aromatic heterocycles. The number of aryl methyl sites for hydroxylation is 1. The van der Waals surface area contributed by atoms with E-state index in [1.54, 1.807) is 0 Å². The van der Waals surface area contributed by atoms with Crippen LogP contribution in [0.2, 0.25) is 5.15 Å². The number of nitrogens with zero attached hydrogens (tertiary/aromatic N) is 2. The van der Waals surface area contributed by atoms with Crippen LogP contribution in [0.4, 0.5) is 0 Å². The second-order valence-corrected chi connectivity index (χ2v) is 5.17. The second kappa shape index (κ2) is 5.43. The minimum absolute atomic E-state index is 0.255. The van der Waals surface area contributed by atoms with Crippen molar-refractivity contribution in [1.82, 2.24) is 9.97 Å². The van der Waals surface area contributed by atoms with E-state index in [0.717, 1.165) is 41.9 Å². The molecule has 0 radical (unpaired) electrons. The molecule has 1 aliphatic rings. The average molecular weight is 306 g/mol. The normalized spacial score (nSPS) is 21.1. The maximum absolute atomic E-state index is 6.00. The molecule has 2 heterocycles. The average Bonchev–Trinajstić information content (AvgIpc) is 2.27. The van der Waals surface area contributed by atoms with Crippen molar-refractivity contribution in [3.63, 3.8) is 0 Å². The third kappa shape index (κ3) is 2.93. The van der Waals surface area contributed by atoms with Crippen LogP contribution in [0.25, 0.3) is 0 Å². The van der Waals surface area contributed by atoms with E-state index >= 15 is 0 Å². The van der Waals surface area contributed by atoms with E-state index in [4.69, 9.17) is 16.3 Å². The zero-order valence-electron chi connectivity index (χ0n) is 9.17. The Kier molecular flexibility index (Phi) is 4.16. The van der Waals surface area contributed by atoms with Crippen molar-refractivity contribution in [2.75, 3.05) is 6.61 Å². The van der Waals surface area contributed by atoms with Gasteiger partial charge in [0.2, 0.25) is 0 Å². The summed E-state index contributed by atoms with van der Waals surface area (Å²) in [5, 5.41) is 0.485. The highest BCUT2D eigenvalue weighted by atomic mass is 79.9. The predicted molar refractivity (Wildman–Crippen MR) is 66.8 cm³/mol. The molecule has 0 spiro atoms. The fraction of sp³-hybridized carbons (Fsp3) is 0.636. The van der Waals surface area contributed by atoms with Gasteiger partial charge in [-0.05, 0) is 42.1 Å². The fourth-order valence-corrected chi connectivity index (χ4v) is 2.25. The number of rotatable bonds is 2. The molecule has 1 aromatic rings. The van der Waals surface area contributed by atoms with Gasteiger partial charge in [-0.15, -0.1) is 0 Å². The number of hydrogen-bond acceptors (Lipinski definition) is 3. The number of hydrogen-bond donors (Lipinski definition) is 0. The molecule has 0 aliphatic carbocycles. The van der Waals surface area contributed by atoms with Crippen LogP contribution in [-0.4, -0.2) is 22.7 Å². The van der Waals surface area contributed by atoms with E-state index < -0.39 is 0 Å². The lowest BCUT2D eigenvalue weighted by molar-refractivity contribution is 0.0156. The Hall–Kier alpha value is -0.190. The number of halogens is 2. The van der Waals surface area contributed by atoms with Gasteiger partial charge in [-0.2, -0.15) is 0 Å². The van der Waals surface area contributed by atoms with Crippen LogP contribution in [0, 0.1) is 6.92 Å². The highest BCUT2D eigenvalue weighted by Crippen LogP contribution is 2.24. The number of ether oxygens (including phenoxy) is 1. The summed E-state index contributed by atoms with van der Waals surface area (Å²) in [5.41, 5.74) is 0.880. The summed E-state index contributed by atoms with van der Waals surface area (Å²) in [7, 11) is 0. The van der Waals surface area contributed by atoms with Crippen molar-refractivity contribution in [2.45, 2.75) is 38.7 Å². The molecule has 1 unspecified atom stereocenters. The summed E-state index contributed by atoms with van der Waals surface area (Å²) >= 11 is 9.35. The molecule has 0 bridgehead atoms. The van der Waals surface area contributed by atoms with Crippen LogP contribution in [0.1, 0.15) is 30.8 Å². The molecule has 1 aliphatic heterocycles. The van der Waals surface area contributed by atoms with Crippen molar-refractivity contribution >= 4 is 27.5 Å². The molecule has 16 heavy (non-hydrogen) atoms. The molecule has 0 N–H and O–H groups in total. The van der Waals surface area contributed by atoms with Gasteiger partial charge in [-0.3, -0.25) is 0 Å². The van der Waals surface area contributed by atoms with Crippen LogP contribution >= 0.6 is 27.5 Å². The summed E-state index contributed by atoms with van der Waals surface area (Å²) in [4.78, 5) is 8.66. The van der Waals surface area contributed by atoms with Crippen molar-refractivity contribution in [3.8, 4) is 0 Å². The number of aromatic nitrogens is 2. The van der Waals surface area contributed by atoms with E-state index in [0.29, 0.717) is 5.15 Å². The summed E-state index contributed by atoms with van der Waals surface area (Å²) < 4.78 is 6.44. The van der Waals surface area contributed by atoms with Crippen LogP contribution < -0.4 is 0 Å². The fourth-order valence-electron chi connectivity index (χ4n) is 1.84. The Morgan fingerprint density at radius 2 is 2.25 bits per heavy atom. The zero-order valence-corrected chi connectivity index (χ0v) is 11.5. The highest BCUT2D eigenvalue weighted by molar-refractivity contribution is 9.10. The van der Waals surface area contributed by atoms with Gasteiger partial charge in [0.1, 0.15) is 11.0 Å². The van der Waals surface area contributed by atoms with Crippen molar-refractivity contribution in [1.29, 1.82) is 0 Å². The Labute approximate surface area is 109 Å². The van der Waals surface area contributed by atoms with Crippen LogP contribution in [0.3, 0.4) is 0 Å². The molecule has 2 rings (SSSR count). The van der Waals surface area contributed by atoms with E-state index in [-0.39, 0.29) is 6.10 Å². The largest absolute Gasteiger partial charge is 0.378 e. The molecule has 3 nitrogen and oxygen atoms in total. The van der Waals surface area contributed by atoms with Crippen LogP contribution in [0.15, 0.2) is 4.47 Å². The molecule has 1 saturated heterocycles. The Morgan fingerprint density at radius 1 is 1.44 bits per heavy atom. The third-order valence-electron chi connectivity index (χ3n) is 2.71. The lowest BCUT2D eigenvalue weighted by Gasteiger charge is -2.21. The predicted octanol–water partition coefficient (Wildman–Crippen LogP) is 3.31. The standard InChI is InChI=1S/C11H14BrClN2O/c1-7-10(12)11(13)15-9(14-7)6-8-4-2-3-5-16-8/h8H,2-6H2,1H3. The lowest BCUT2D eigenvalue weighted by Crippen LogP contribution is -2.22. The summed E-state index contributed by atoms with van der Waals surface area (Å²) in [6, 6.07) is 0. The molecule has 1 atom stereocenters. The Morgan fingerprint density at radius 3 is 2.88 bits per heavy atom. The maximum atomic E-state index is 6.00. The van der Waals surface area contributed by atoms with E-state index in [2.05, 4.69) is 25.9 Å². The smallest absolute Gasteiger partial charge is 0.147 e. The van der Waals surface area contributed by atoms with Gasteiger partial charge >= 0.3 is 0 Å². The van der Waals surface area contributed by atoms with Gasteiger partial charge in [0.15, 0.2) is 0 Å². The van der Waals surface area contributed by atoms with Gasteiger partial charge in [0.05, 0.1) is 16.3 Å². The van der Waals surface area contributed by atoms with E-state index in [9.17, 15) is 0 Å². The quantitative estimate of drug-likeness (QED) is 0.786. The Bertz CT molecular complexity index is 357. The summed E-state index contributed by atoms with van der Waals surface area (Å²) in [6.45, 7) is 2.77. The first-order valence-electron chi connectivity index (χ1n) is 5.47. The summed E-state index contributed by atoms with van der Waals surface area (Å²) in [6.07, 6.45) is 4.50. The lowest BCUT2D eigenvalue weighted by atomic mass is 10.1. The molecule has 0 amide bonds. The minimum Gasteiger partial charge on any atom is -0.378 e. The van der Waals surface area contributed by atoms with E-state index in [1.165, 1.54) is 6.42 Å². The third-order valence-corrected chi connectivity index (χ3v) is 4.16. The second-order valence-electron chi connectivity index (χ2n) is 4.02. The molecular weight excluding hydrogens is 291 g/mol. The van der Waals surface area contributed by atoms with Gasteiger partial charge in [0.25, 0.3) is 0 Å². The van der Waals surface area contributed by atoms with Crippen LogP contribution in [0.5, 0.6) is 0 Å². The minimum atomic E-state index is 0.255. The molecule has 0 saturated carbocycles. The van der Waals surface area contributed by atoms with Gasteiger partial charge in [0, 0.05) is 13.0 Å². The zero-order chi connectivity index (χ0) is 11.5. The first-order valence-corrected chi connectivity index (χ1v) is 6.64. The van der Waals surface area contributed by atoms with Crippen LogP contribution in [-0.2, 0) is 11.2 Å².